The molecule has 5 heteroatoms. The third kappa shape index (κ3) is 4.28. The molecular weight excluding hydrogens is 204 g/mol. The maximum Gasteiger partial charge on any atom is 0.324 e. The average Bonchev–Trinajstić information content (AvgIpc) is 2.13. The van der Waals surface area contributed by atoms with Crippen molar-refractivity contribution in [2.24, 2.45) is 0 Å². The number of imide groups is 1. The minimum atomic E-state index is -0.494. The summed E-state index contributed by atoms with van der Waals surface area (Å²) in [5.41, 5.74) is 0. The van der Waals surface area contributed by atoms with E-state index in [2.05, 4.69) is 11.9 Å². The van der Waals surface area contributed by atoms with Gasteiger partial charge in [0.1, 0.15) is 5.88 Å². The van der Waals surface area contributed by atoms with Crippen molar-refractivity contribution >= 4 is 23.5 Å². The molecule has 4 nitrogen and oxygen atoms in total. The van der Waals surface area contributed by atoms with Gasteiger partial charge in [0.05, 0.1) is 0 Å². The van der Waals surface area contributed by atoms with E-state index in [1.807, 2.05) is 13.8 Å². The fourth-order valence-corrected chi connectivity index (χ4v) is 0.959. The molecule has 0 bridgehead atoms. The van der Waals surface area contributed by atoms with E-state index in [0.717, 1.165) is 0 Å². The zero-order chi connectivity index (χ0) is 11.1. The van der Waals surface area contributed by atoms with E-state index in [1.54, 1.807) is 6.08 Å². The molecular formula is C9H15ClN2O2. The van der Waals surface area contributed by atoms with E-state index in [0.29, 0.717) is 6.54 Å². The SMILES string of the molecule is C=CCN(C(=O)NC(=O)CCl)C(C)C. The molecule has 0 aliphatic carbocycles. The lowest BCUT2D eigenvalue weighted by molar-refractivity contribution is -0.117. The maximum absolute atomic E-state index is 11.4. The van der Waals surface area contributed by atoms with Crippen LogP contribution in [0.5, 0.6) is 0 Å². The van der Waals surface area contributed by atoms with Crippen molar-refractivity contribution in [3.8, 4) is 0 Å². The molecule has 80 valence electrons. The zero-order valence-electron chi connectivity index (χ0n) is 8.42. The van der Waals surface area contributed by atoms with Crippen LogP contribution in [0.4, 0.5) is 4.79 Å². The van der Waals surface area contributed by atoms with Crippen LogP contribution in [-0.2, 0) is 4.79 Å². The number of carbonyl (C=O) groups is 2. The Balaban J connectivity index is 4.28. The Morgan fingerprint density at radius 1 is 1.57 bits per heavy atom. The molecule has 0 spiro atoms. The van der Waals surface area contributed by atoms with Gasteiger partial charge in [0.25, 0.3) is 0 Å². The molecule has 0 aliphatic heterocycles. The third-order valence-corrected chi connectivity index (χ3v) is 1.82. The summed E-state index contributed by atoms with van der Waals surface area (Å²) in [6.07, 6.45) is 1.60. The molecule has 0 radical (unpaired) electrons. The molecule has 14 heavy (non-hydrogen) atoms. The van der Waals surface area contributed by atoms with Crippen LogP contribution < -0.4 is 5.32 Å². The number of nitrogens with zero attached hydrogens (tertiary/aromatic N) is 1. The molecule has 0 heterocycles. The molecule has 0 saturated carbocycles. The smallest absolute Gasteiger partial charge is 0.318 e. The highest BCUT2D eigenvalue weighted by atomic mass is 35.5. The minimum absolute atomic E-state index is 0.0103. The Kier molecular flexibility index (Phi) is 5.95. The summed E-state index contributed by atoms with van der Waals surface area (Å²) in [6, 6.07) is -0.429. The summed E-state index contributed by atoms with van der Waals surface area (Å²) in [4.78, 5) is 23.8. The number of urea groups is 1. The van der Waals surface area contributed by atoms with Gasteiger partial charge in [-0.2, -0.15) is 0 Å². The summed E-state index contributed by atoms with van der Waals surface area (Å²) in [7, 11) is 0. The highest BCUT2D eigenvalue weighted by Crippen LogP contribution is 1.98. The number of hydrogen-bond acceptors (Lipinski definition) is 2. The van der Waals surface area contributed by atoms with Crippen molar-refractivity contribution in [1.82, 2.24) is 10.2 Å². The molecule has 0 rings (SSSR count). The van der Waals surface area contributed by atoms with Gasteiger partial charge < -0.3 is 4.90 Å². The van der Waals surface area contributed by atoms with Gasteiger partial charge in [0.15, 0.2) is 0 Å². The third-order valence-electron chi connectivity index (χ3n) is 1.58. The van der Waals surface area contributed by atoms with Gasteiger partial charge in [0, 0.05) is 12.6 Å². The first-order valence-corrected chi connectivity index (χ1v) is 4.83. The van der Waals surface area contributed by atoms with Crippen molar-refractivity contribution < 1.29 is 9.59 Å². The highest BCUT2D eigenvalue weighted by molar-refractivity contribution is 6.28. The summed E-state index contributed by atoms with van der Waals surface area (Å²) in [5, 5.41) is 2.16. The first-order valence-electron chi connectivity index (χ1n) is 4.30. The first kappa shape index (κ1) is 13.0. The second kappa shape index (κ2) is 6.43. The van der Waals surface area contributed by atoms with Gasteiger partial charge in [-0.15, -0.1) is 18.2 Å². The van der Waals surface area contributed by atoms with Crippen molar-refractivity contribution in [3.05, 3.63) is 12.7 Å². The lowest BCUT2D eigenvalue weighted by Crippen LogP contribution is -2.46. The van der Waals surface area contributed by atoms with Gasteiger partial charge >= 0.3 is 6.03 Å². The molecule has 0 saturated heterocycles. The maximum atomic E-state index is 11.4. The van der Waals surface area contributed by atoms with Crippen LogP contribution in [-0.4, -0.2) is 35.3 Å². The molecule has 0 aromatic carbocycles. The average molecular weight is 219 g/mol. The zero-order valence-corrected chi connectivity index (χ0v) is 9.17. The summed E-state index contributed by atoms with van der Waals surface area (Å²) < 4.78 is 0. The topological polar surface area (TPSA) is 49.4 Å². The van der Waals surface area contributed by atoms with E-state index in [4.69, 9.17) is 11.6 Å². The predicted octanol–water partition coefficient (Wildman–Crippen LogP) is 1.36. The molecule has 3 amide bonds. The van der Waals surface area contributed by atoms with Gasteiger partial charge in [-0.1, -0.05) is 6.08 Å². The Labute approximate surface area is 88.9 Å². The number of rotatable bonds is 4. The van der Waals surface area contributed by atoms with Crippen molar-refractivity contribution in [3.63, 3.8) is 0 Å². The van der Waals surface area contributed by atoms with E-state index in [1.165, 1.54) is 4.90 Å². The normalized spacial score (nSPS) is 9.71. The predicted molar refractivity (Wildman–Crippen MR) is 56.3 cm³/mol. The number of nitrogens with one attached hydrogen (secondary N) is 1. The quantitative estimate of drug-likeness (QED) is 0.572. The lowest BCUT2D eigenvalue weighted by Gasteiger charge is -2.24. The largest absolute Gasteiger partial charge is 0.324 e. The van der Waals surface area contributed by atoms with Crippen LogP contribution in [0.25, 0.3) is 0 Å². The molecule has 0 aliphatic rings. The van der Waals surface area contributed by atoms with Gasteiger partial charge in [0.2, 0.25) is 5.91 Å². The molecule has 0 aromatic rings. The van der Waals surface area contributed by atoms with E-state index in [-0.39, 0.29) is 11.9 Å². The second-order valence-corrected chi connectivity index (χ2v) is 3.29. The Morgan fingerprint density at radius 3 is 2.50 bits per heavy atom. The number of alkyl halides is 1. The van der Waals surface area contributed by atoms with Gasteiger partial charge in [-0.3, -0.25) is 10.1 Å². The lowest BCUT2D eigenvalue weighted by atomic mass is 10.3. The Morgan fingerprint density at radius 2 is 2.14 bits per heavy atom. The molecule has 0 aromatic heterocycles. The molecule has 0 atom stereocenters. The Hall–Kier alpha value is -1.03. The van der Waals surface area contributed by atoms with Crippen LogP contribution in [0.2, 0.25) is 0 Å². The molecule has 0 unspecified atom stereocenters. The van der Waals surface area contributed by atoms with Crippen LogP contribution in [0.3, 0.4) is 0 Å². The fraction of sp³-hybridized carbons (Fsp3) is 0.556. The van der Waals surface area contributed by atoms with Crippen LogP contribution in [0.15, 0.2) is 12.7 Å². The van der Waals surface area contributed by atoms with Crippen molar-refractivity contribution in [1.29, 1.82) is 0 Å². The fourth-order valence-electron chi connectivity index (χ4n) is 0.892. The number of carbonyl (C=O) groups excluding carboxylic acids is 2. The van der Waals surface area contributed by atoms with Crippen LogP contribution in [0.1, 0.15) is 13.8 Å². The number of halogens is 1. The standard InChI is InChI=1S/C9H15ClN2O2/c1-4-5-12(7(2)3)9(14)11-8(13)6-10/h4,7H,1,5-6H2,2-3H3,(H,11,13,14). The molecule has 0 fully saturated rings. The second-order valence-electron chi connectivity index (χ2n) is 3.02. The van der Waals surface area contributed by atoms with Gasteiger partial charge in [-0.05, 0) is 13.8 Å². The summed E-state index contributed by atoms with van der Waals surface area (Å²) in [5.74, 6) is -0.711. The van der Waals surface area contributed by atoms with Crippen LogP contribution in [0, 0.1) is 0 Å². The Bertz CT molecular complexity index is 229. The van der Waals surface area contributed by atoms with Crippen molar-refractivity contribution in [2.45, 2.75) is 19.9 Å². The van der Waals surface area contributed by atoms with Crippen molar-refractivity contribution in [2.75, 3.05) is 12.4 Å². The number of hydrogen-bond donors (Lipinski definition) is 1. The number of amides is 3. The van der Waals surface area contributed by atoms with E-state index >= 15 is 0 Å². The summed E-state index contributed by atoms with van der Waals surface area (Å²) >= 11 is 5.25. The van der Waals surface area contributed by atoms with E-state index in [9.17, 15) is 9.59 Å². The van der Waals surface area contributed by atoms with E-state index < -0.39 is 11.9 Å². The highest BCUT2D eigenvalue weighted by Gasteiger charge is 2.16. The minimum Gasteiger partial charge on any atom is -0.318 e. The molecule has 1 N–H and O–H groups in total. The van der Waals surface area contributed by atoms with Gasteiger partial charge in [-0.25, -0.2) is 4.79 Å². The monoisotopic (exact) mass is 218 g/mol. The first-order chi connectivity index (χ1) is 6.52. The summed E-state index contributed by atoms with van der Waals surface area (Å²) in [6.45, 7) is 7.64. The van der Waals surface area contributed by atoms with Crippen LogP contribution >= 0.6 is 11.6 Å².